The van der Waals surface area contributed by atoms with Crippen LogP contribution in [-0.4, -0.2) is 35.6 Å². The highest BCUT2D eigenvalue weighted by Gasteiger charge is 2.24. The van der Waals surface area contributed by atoms with Gasteiger partial charge in [0.1, 0.15) is 0 Å². The maximum absolute atomic E-state index is 4.57. The predicted molar refractivity (Wildman–Crippen MR) is 83.7 cm³/mol. The van der Waals surface area contributed by atoms with Gasteiger partial charge in [-0.05, 0) is 37.6 Å². The van der Waals surface area contributed by atoms with Gasteiger partial charge in [-0.3, -0.25) is 9.88 Å². The first-order chi connectivity index (χ1) is 9.88. The van der Waals surface area contributed by atoms with Crippen molar-refractivity contribution in [1.29, 1.82) is 0 Å². The van der Waals surface area contributed by atoms with Crippen molar-refractivity contribution in [2.45, 2.75) is 32.4 Å². The number of nitrogens with zero attached hydrogens (tertiary/aromatic N) is 2. The molecule has 1 aromatic carbocycles. The van der Waals surface area contributed by atoms with E-state index in [9.17, 15) is 0 Å². The van der Waals surface area contributed by atoms with E-state index < -0.39 is 0 Å². The lowest BCUT2D eigenvalue weighted by Crippen LogP contribution is -2.37. The van der Waals surface area contributed by atoms with Crippen LogP contribution >= 0.6 is 0 Å². The minimum Gasteiger partial charge on any atom is -0.315 e. The second-order valence-corrected chi connectivity index (χ2v) is 5.57. The fourth-order valence-corrected chi connectivity index (χ4v) is 3.16. The lowest BCUT2D eigenvalue weighted by atomic mass is 10.1. The fraction of sp³-hybridized carbons (Fsp3) is 0.471. The van der Waals surface area contributed by atoms with E-state index in [1.165, 1.54) is 30.3 Å². The zero-order chi connectivity index (χ0) is 13.8. The van der Waals surface area contributed by atoms with Gasteiger partial charge in [-0.1, -0.05) is 31.2 Å². The van der Waals surface area contributed by atoms with Gasteiger partial charge in [0.05, 0.1) is 5.52 Å². The molecule has 0 radical (unpaired) electrons. The monoisotopic (exact) mass is 269 g/mol. The van der Waals surface area contributed by atoms with E-state index in [0.717, 1.165) is 25.2 Å². The van der Waals surface area contributed by atoms with E-state index in [2.05, 4.69) is 46.4 Å². The van der Waals surface area contributed by atoms with E-state index in [1.54, 1.807) is 0 Å². The Morgan fingerprint density at radius 1 is 1.30 bits per heavy atom. The Bertz CT molecular complexity index is 562. The molecule has 1 aromatic heterocycles. The summed E-state index contributed by atoms with van der Waals surface area (Å²) in [7, 11) is 0. The summed E-state index contributed by atoms with van der Waals surface area (Å²) in [6.45, 7) is 6.56. The molecule has 1 unspecified atom stereocenters. The molecule has 20 heavy (non-hydrogen) atoms. The molecule has 1 fully saturated rings. The summed E-state index contributed by atoms with van der Waals surface area (Å²) < 4.78 is 0. The number of aromatic nitrogens is 1. The molecule has 106 valence electrons. The average Bonchev–Trinajstić information content (AvgIpc) is 2.93. The number of hydrogen-bond acceptors (Lipinski definition) is 3. The number of rotatable bonds is 5. The summed E-state index contributed by atoms with van der Waals surface area (Å²) in [5.41, 5.74) is 2.51. The van der Waals surface area contributed by atoms with Gasteiger partial charge in [0.15, 0.2) is 0 Å². The molecule has 1 aliphatic heterocycles. The maximum Gasteiger partial charge on any atom is 0.0746 e. The quantitative estimate of drug-likeness (QED) is 0.904. The van der Waals surface area contributed by atoms with Crippen molar-refractivity contribution in [2.24, 2.45) is 0 Å². The van der Waals surface area contributed by atoms with Crippen LogP contribution in [0.15, 0.2) is 36.5 Å². The molecule has 0 amide bonds. The van der Waals surface area contributed by atoms with Gasteiger partial charge in [-0.25, -0.2) is 0 Å². The second kappa shape index (κ2) is 6.33. The first-order valence-electron chi connectivity index (χ1n) is 7.66. The topological polar surface area (TPSA) is 28.2 Å². The molecule has 3 nitrogen and oxygen atoms in total. The molecule has 0 saturated carbocycles. The summed E-state index contributed by atoms with van der Waals surface area (Å²) in [5.74, 6) is 0. The first-order valence-corrected chi connectivity index (χ1v) is 7.66. The number of benzene rings is 1. The first kappa shape index (κ1) is 13.5. The third kappa shape index (κ3) is 2.84. The lowest BCUT2D eigenvalue weighted by Gasteiger charge is -2.25. The van der Waals surface area contributed by atoms with Crippen LogP contribution in [0.3, 0.4) is 0 Å². The number of pyridine rings is 1. The van der Waals surface area contributed by atoms with Gasteiger partial charge in [0, 0.05) is 30.7 Å². The number of nitrogens with one attached hydrogen (secondary N) is 1. The summed E-state index contributed by atoms with van der Waals surface area (Å²) in [6.07, 6.45) is 4.52. The standard InChI is InChI=1S/C17H23N3/c1-2-18-12-16-9-5-11-20(16)13-15-7-3-6-14-8-4-10-19-17(14)15/h3-4,6-8,10,16,18H,2,5,9,11-13H2,1H3. The molecule has 1 N–H and O–H groups in total. The van der Waals surface area contributed by atoms with Gasteiger partial charge < -0.3 is 5.32 Å². The minimum absolute atomic E-state index is 0.675. The van der Waals surface area contributed by atoms with Gasteiger partial charge in [0.2, 0.25) is 0 Å². The van der Waals surface area contributed by atoms with Crippen molar-refractivity contribution in [3.05, 3.63) is 42.1 Å². The predicted octanol–water partition coefficient (Wildman–Crippen LogP) is 2.81. The van der Waals surface area contributed by atoms with Crippen LogP contribution in [0.4, 0.5) is 0 Å². The summed E-state index contributed by atoms with van der Waals surface area (Å²) in [4.78, 5) is 7.17. The lowest BCUT2D eigenvalue weighted by molar-refractivity contribution is 0.241. The largest absolute Gasteiger partial charge is 0.315 e. The van der Waals surface area contributed by atoms with Crippen molar-refractivity contribution >= 4 is 10.9 Å². The highest BCUT2D eigenvalue weighted by Crippen LogP contribution is 2.23. The molecule has 3 heteroatoms. The Kier molecular flexibility index (Phi) is 4.28. The van der Waals surface area contributed by atoms with E-state index in [-0.39, 0.29) is 0 Å². The number of likely N-dealkylation sites (tertiary alicyclic amines) is 1. The Morgan fingerprint density at radius 3 is 3.10 bits per heavy atom. The Balaban J connectivity index is 1.78. The van der Waals surface area contributed by atoms with Crippen LogP contribution in [0.5, 0.6) is 0 Å². The van der Waals surface area contributed by atoms with Crippen LogP contribution in [0.1, 0.15) is 25.3 Å². The van der Waals surface area contributed by atoms with E-state index in [4.69, 9.17) is 0 Å². The van der Waals surface area contributed by atoms with Crippen molar-refractivity contribution < 1.29 is 0 Å². The van der Waals surface area contributed by atoms with E-state index >= 15 is 0 Å². The van der Waals surface area contributed by atoms with Crippen LogP contribution in [0, 0.1) is 0 Å². The van der Waals surface area contributed by atoms with Crippen LogP contribution < -0.4 is 5.32 Å². The molecule has 0 spiro atoms. The zero-order valence-electron chi connectivity index (χ0n) is 12.2. The zero-order valence-corrected chi connectivity index (χ0v) is 12.2. The molecule has 1 aliphatic rings. The van der Waals surface area contributed by atoms with Gasteiger partial charge in [-0.15, -0.1) is 0 Å². The van der Waals surface area contributed by atoms with Crippen LogP contribution in [0.25, 0.3) is 10.9 Å². The highest BCUT2D eigenvalue weighted by molar-refractivity contribution is 5.81. The van der Waals surface area contributed by atoms with Gasteiger partial charge in [0.25, 0.3) is 0 Å². The molecular weight excluding hydrogens is 246 g/mol. The fourth-order valence-electron chi connectivity index (χ4n) is 3.16. The number of hydrogen-bond donors (Lipinski definition) is 1. The molecule has 0 bridgehead atoms. The Hall–Kier alpha value is -1.45. The maximum atomic E-state index is 4.57. The third-order valence-corrected chi connectivity index (χ3v) is 4.22. The van der Waals surface area contributed by atoms with Crippen molar-refractivity contribution in [2.75, 3.05) is 19.6 Å². The van der Waals surface area contributed by atoms with Gasteiger partial charge >= 0.3 is 0 Å². The summed E-state index contributed by atoms with van der Waals surface area (Å²) >= 11 is 0. The Labute approximate surface area is 121 Å². The van der Waals surface area contributed by atoms with Crippen molar-refractivity contribution in [1.82, 2.24) is 15.2 Å². The second-order valence-electron chi connectivity index (χ2n) is 5.57. The van der Waals surface area contributed by atoms with Gasteiger partial charge in [-0.2, -0.15) is 0 Å². The highest BCUT2D eigenvalue weighted by atomic mass is 15.2. The van der Waals surface area contributed by atoms with E-state index in [1.807, 2.05) is 12.3 Å². The SMILES string of the molecule is CCNCC1CCCN1Cc1cccc2cccnc12. The molecule has 2 heterocycles. The molecule has 1 atom stereocenters. The number of likely N-dealkylation sites (N-methyl/N-ethyl adjacent to an activating group) is 1. The number of para-hydroxylation sites is 1. The van der Waals surface area contributed by atoms with E-state index in [0.29, 0.717) is 6.04 Å². The molecule has 2 aromatic rings. The average molecular weight is 269 g/mol. The smallest absolute Gasteiger partial charge is 0.0746 e. The molecule has 0 aliphatic carbocycles. The van der Waals surface area contributed by atoms with Crippen LogP contribution in [0.2, 0.25) is 0 Å². The molecular formula is C17H23N3. The number of fused-ring (bicyclic) bond motifs is 1. The van der Waals surface area contributed by atoms with Crippen molar-refractivity contribution in [3.8, 4) is 0 Å². The van der Waals surface area contributed by atoms with Crippen LogP contribution in [-0.2, 0) is 6.54 Å². The third-order valence-electron chi connectivity index (χ3n) is 4.22. The normalized spacial score (nSPS) is 19.8. The summed E-state index contributed by atoms with van der Waals surface area (Å²) in [6, 6.07) is 11.3. The Morgan fingerprint density at radius 2 is 2.20 bits per heavy atom. The summed E-state index contributed by atoms with van der Waals surface area (Å²) in [5, 5.41) is 4.73. The molecule has 3 rings (SSSR count). The minimum atomic E-state index is 0.675. The van der Waals surface area contributed by atoms with Crippen molar-refractivity contribution in [3.63, 3.8) is 0 Å². The molecule has 1 saturated heterocycles.